The van der Waals surface area contributed by atoms with Crippen molar-refractivity contribution in [2.45, 2.75) is 38.4 Å². The molecule has 1 aromatic carbocycles. The topological polar surface area (TPSA) is 29.5 Å². The second kappa shape index (κ2) is 5.17. The Bertz CT molecular complexity index is 359. The molecule has 16 heavy (non-hydrogen) atoms. The van der Waals surface area contributed by atoms with E-state index in [2.05, 4.69) is 0 Å². The molecule has 0 spiro atoms. The summed E-state index contributed by atoms with van der Waals surface area (Å²) in [6, 6.07) is 5.72. The molecule has 1 heterocycles. The van der Waals surface area contributed by atoms with Gasteiger partial charge in [0.15, 0.2) is 0 Å². The molecule has 1 aliphatic heterocycles. The first-order valence-electron chi connectivity index (χ1n) is 5.72. The van der Waals surface area contributed by atoms with Gasteiger partial charge < -0.3 is 9.84 Å². The van der Waals surface area contributed by atoms with E-state index in [9.17, 15) is 5.11 Å². The van der Waals surface area contributed by atoms with Crippen LogP contribution >= 0.6 is 11.6 Å². The monoisotopic (exact) mass is 240 g/mol. The van der Waals surface area contributed by atoms with Crippen molar-refractivity contribution in [2.24, 2.45) is 0 Å². The summed E-state index contributed by atoms with van der Waals surface area (Å²) in [7, 11) is 0. The summed E-state index contributed by atoms with van der Waals surface area (Å²) in [5.74, 6) is 0. The molecule has 0 amide bonds. The summed E-state index contributed by atoms with van der Waals surface area (Å²) in [5.41, 5.74) is 1.92. The average molecular weight is 241 g/mol. The molecule has 0 aliphatic carbocycles. The minimum absolute atomic E-state index is 0.204. The van der Waals surface area contributed by atoms with E-state index in [0.29, 0.717) is 11.4 Å². The summed E-state index contributed by atoms with van der Waals surface area (Å²) in [6.45, 7) is 2.78. The smallest absolute Gasteiger partial charge is 0.0815 e. The number of aliphatic hydroxyl groups excluding tert-OH is 1. The lowest BCUT2D eigenvalue weighted by atomic mass is 10.0. The Labute approximate surface area is 101 Å². The molecule has 1 fully saturated rings. The van der Waals surface area contributed by atoms with Gasteiger partial charge in [0, 0.05) is 18.1 Å². The highest BCUT2D eigenvalue weighted by Crippen LogP contribution is 2.27. The Kier molecular flexibility index (Phi) is 3.85. The number of benzene rings is 1. The zero-order valence-corrected chi connectivity index (χ0v) is 10.2. The second-order valence-corrected chi connectivity index (χ2v) is 4.80. The Balaban J connectivity index is 2.02. The van der Waals surface area contributed by atoms with E-state index in [1.165, 1.54) is 0 Å². The van der Waals surface area contributed by atoms with Crippen molar-refractivity contribution in [1.82, 2.24) is 0 Å². The van der Waals surface area contributed by atoms with Gasteiger partial charge in [0.1, 0.15) is 0 Å². The Morgan fingerprint density at radius 2 is 2.38 bits per heavy atom. The molecule has 1 aliphatic rings. The predicted octanol–water partition coefficient (Wildman–Crippen LogP) is 3.25. The van der Waals surface area contributed by atoms with Gasteiger partial charge in [0.05, 0.1) is 12.2 Å². The molecule has 3 heteroatoms. The van der Waals surface area contributed by atoms with Crippen LogP contribution in [0.3, 0.4) is 0 Å². The molecule has 2 nitrogen and oxygen atoms in total. The van der Waals surface area contributed by atoms with E-state index in [0.717, 1.165) is 30.6 Å². The largest absolute Gasteiger partial charge is 0.388 e. The van der Waals surface area contributed by atoms with Gasteiger partial charge in [-0.3, -0.25) is 0 Å². The molecular formula is C13H17ClO2. The van der Waals surface area contributed by atoms with Gasteiger partial charge in [-0.05, 0) is 37.0 Å². The highest BCUT2D eigenvalue weighted by molar-refractivity contribution is 6.31. The molecule has 0 aromatic heterocycles. The maximum Gasteiger partial charge on any atom is 0.0815 e. The van der Waals surface area contributed by atoms with E-state index in [-0.39, 0.29) is 6.10 Å². The number of halogens is 1. The predicted molar refractivity (Wildman–Crippen MR) is 64.7 cm³/mol. The van der Waals surface area contributed by atoms with E-state index in [1.807, 2.05) is 25.1 Å². The number of hydrogen-bond acceptors (Lipinski definition) is 2. The molecule has 1 N–H and O–H groups in total. The highest BCUT2D eigenvalue weighted by atomic mass is 35.5. The zero-order valence-electron chi connectivity index (χ0n) is 9.45. The van der Waals surface area contributed by atoms with Crippen LogP contribution in [0.5, 0.6) is 0 Å². The van der Waals surface area contributed by atoms with Crippen LogP contribution in [0.2, 0.25) is 5.02 Å². The lowest BCUT2D eigenvalue weighted by Crippen LogP contribution is -2.11. The van der Waals surface area contributed by atoms with E-state index in [4.69, 9.17) is 16.3 Å². The fourth-order valence-electron chi connectivity index (χ4n) is 2.03. The number of hydrogen-bond donors (Lipinski definition) is 1. The van der Waals surface area contributed by atoms with Gasteiger partial charge in [-0.15, -0.1) is 0 Å². The second-order valence-electron chi connectivity index (χ2n) is 4.40. The Morgan fingerprint density at radius 1 is 1.56 bits per heavy atom. The van der Waals surface area contributed by atoms with Crippen molar-refractivity contribution in [3.8, 4) is 0 Å². The molecule has 88 valence electrons. The maximum atomic E-state index is 10.1. The van der Waals surface area contributed by atoms with Crippen LogP contribution in [0.15, 0.2) is 18.2 Å². The molecule has 0 bridgehead atoms. The van der Waals surface area contributed by atoms with Crippen molar-refractivity contribution >= 4 is 11.6 Å². The lowest BCUT2D eigenvalue weighted by molar-refractivity contribution is 0.0535. The summed E-state index contributed by atoms with van der Waals surface area (Å²) in [5, 5.41) is 10.8. The van der Waals surface area contributed by atoms with Gasteiger partial charge in [-0.2, -0.15) is 0 Å². The molecule has 2 atom stereocenters. The minimum Gasteiger partial charge on any atom is -0.388 e. The summed E-state index contributed by atoms with van der Waals surface area (Å²) >= 11 is 6.03. The van der Waals surface area contributed by atoms with Crippen LogP contribution in [0.1, 0.15) is 36.5 Å². The van der Waals surface area contributed by atoms with Crippen molar-refractivity contribution < 1.29 is 9.84 Å². The Morgan fingerprint density at radius 3 is 3.00 bits per heavy atom. The highest BCUT2D eigenvalue weighted by Gasteiger charge is 2.20. The standard InChI is InChI=1S/C13H17ClO2/c1-9-4-5-10(7-12(9)14)13(15)8-11-3-2-6-16-11/h4-5,7,11,13,15H,2-3,6,8H2,1H3. The molecule has 0 radical (unpaired) electrons. The van der Waals surface area contributed by atoms with Gasteiger partial charge in [-0.1, -0.05) is 23.7 Å². The van der Waals surface area contributed by atoms with Crippen LogP contribution < -0.4 is 0 Å². The van der Waals surface area contributed by atoms with E-state index < -0.39 is 6.10 Å². The van der Waals surface area contributed by atoms with Crippen molar-refractivity contribution in [3.05, 3.63) is 34.3 Å². The van der Waals surface area contributed by atoms with Gasteiger partial charge in [-0.25, -0.2) is 0 Å². The van der Waals surface area contributed by atoms with E-state index >= 15 is 0 Å². The third kappa shape index (κ3) is 2.76. The summed E-state index contributed by atoms with van der Waals surface area (Å²) in [6.07, 6.45) is 2.55. The minimum atomic E-state index is -0.471. The lowest BCUT2D eigenvalue weighted by Gasteiger charge is -2.16. The van der Waals surface area contributed by atoms with Gasteiger partial charge >= 0.3 is 0 Å². The quantitative estimate of drug-likeness (QED) is 0.879. The third-order valence-corrected chi connectivity index (χ3v) is 3.50. The maximum absolute atomic E-state index is 10.1. The fourth-order valence-corrected chi connectivity index (χ4v) is 2.22. The van der Waals surface area contributed by atoms with Crippen LogP contribution in [-0.2, 0) is 4.74 Å². The molecule has 2 rings (SSSR count). The fraction of sp³-hybridized carbons (Fsp3) is 0.538. The van der Waals surface area contributed by atoms with Crippen LogP contribution in [-0.4, -0.2) is 17.8 Å². The van der Waals surface area contributed by atoms with Gasteiger partial charge in [0.2, 0.25) is 0 Å². The third-order valence-electron chi connectivity index (χ3n) is 3.09. The first-order chi connectivity index (χ1) is 7.66. The van der Waals surface area contributed by atoms with Crippen LogP contribution in [0, 0.1) is 6.92 Å². The molecule has 1 saturated heterocycles. The first kappa shape index (κ1) is 11.9. The molecule has 1 aromatic rings. The normalized spacial score (nSPS) is 22.3. The molecule has 0 saturated carbocycles. The number of rotatable bonds is 3. The molecular weight excluding hydrogens is 224 g/mol. The SMILES string of the molecule is Cc1ccc(C(O)CC2CCCO2)cc1Cl. The average Bonchev–Trinajstić information content (AvgIpc) is 2.74. The van der Waals surface area contributed by atoms with Gasteiger partial charge in [0.25, 0.3) is 0 Å². The van der Waals surface area contributed by atoms with E-state index in [1.54, 1.807) is 0 Å². The summed E-state index contributed by atoms with van der Waals surface area (Å²) < 4.78 is 5.51. The van der Waals surface area contributed by atoms with Crippen LogP contribution in [0.4, 0.5) is 0 Å². The van der Waals surface area contributed by atoms with Crippen molar-refractivity contribution in [2.75, 3.05) is 6.61 Å². The number of ether oxygens (including phenoxy) is 1. The van der Waals surface area contributed by atoms with Crippen molar-refractivity contribution in [1.29, 1.82) is 0 Å². The van der Waals surface area contributed by atoms with Crippen LogP contribution in [0.25, 0.3) is 0 Å². The first-order valence-corrected chi connectivity index (χ1v) is 6.10. The van der Waals surface area contributed by atoms with Crippen molar-refractivity contribution in [3.63, 3.8) is 0 Å². The Hall–Kier alpha value is -0.570. The summed E-state index contributed by atoms with van der Waals surface area (Å²) in [4.78, 5) is 0. The number of aliphatic hydroxyl groups is 1. The molecule has 2 unspecified atom stereocenters. The number of aryl methyl sites for hydroxylation is 1. The zero-order chi connectivity index (χ0) is 11.5.